The van der Waals surface area contributed by atoms with Crippen LogP contribution in [-0.2, 0) is 16.1 Å². The minimum Gasteiger partial charge on any atom is -0.480 e. The number of rotatable bonds is 10. The number of carboxylic acids is 1. The quantitative estimate of drug-likeness (QED) is 0.435. The zero-order valence-corrected chi connectivity index (χ0v) is 16.3. The summed E-state index contributed by atoms with van der Waals surface area (Å²) in [5, 5.41) is 9.19. The van der Waals surface area contributed by atoms with Crippen molar-refractivity contribution in [3.05, 3.63) is 47.8 Å². The van der Waals surface area contributed by atoms with Gasteiger partial charge < -0.3 is 5.11 Å². The molecule has 0 unspecified atom stereocenters. The smallest absolute Gasteiger partial charge is 0.329 e. The topological polar surface area (TPSA) is 63.1 Å². The highest BCUT2D eigenvalue weighted by atomic mass is 35.5. The second kappa shape index (κ2) is 9.67. The van der Waals surface area contributed by atoms with E-state index in [1.54, 1.807) is 12.1 Å². The molecule has 0 aliphatic heterocycles. The van der Waals surface area contributed by atoms with Crippen LogP contribution in [0.2, 0.25) is 0 Å². The first kappa shape index (κ1) is 20.4. The van der Waals surface area contributed by atoms with Gasteiger partial charge in [0.2, 0.25) is 0 Å². The van der Waals surface area contributed by atoms with Crippen LogP contribution in [0.25, 0.3) is 11.4 Å². The van der Waals surface area contributed by atoms with Crippen LogP contribution in [-0.4, -0.2) is 21.0 Å². The summed E-state index contributed by atoms with van der Waals surface area (Å²) in [5.41, 5.74) is 2.54. The highest BCUT2D eigenvalue weighted by Crippen LogP contribution is 2.30. The molecule has 0 radical (unpaired) electrons. The summed E-state index contributed by atoms with van der Waals surface area (Å²) in [7, 11) is 0. The van der Waals surface area contributed by atoms with E-state index < -0.39 is 10.8 Å². The third-order valence-corrected chi connectivity index (χ3v) is 4.99. The molecule has 0 bridgehead atoms. The molecule has 0 spiro atoms. The summed E-state index contributed by atoms with van der Waals surface area (Å²) in [6.07, 6.45) is 12.4. The lowest BCUT2D eigenvalue weighted by Gasteiger charge is -2.17. The third kappa shape index (κ3) is 5.53. The Morgan fingerprint density at radius 1 is 1.04 bits per heavy atom. The fourth-order valence-corrected chi connectivity index (χ4v) is 2.92. The number of carboxylic acid groups (broad SMARTS) is 1. The summed E-state index contributed by atoms with van der Waals surface area (Å²) < 4.78 is 0. The van der Waals surface area contributed by atoms with Crippen LogP contribution in [0.15, 0.2) is 36.7 Å². The number of hydrogen-bond acceptors (Lipinski definition) is 3. The van der Waals surface area contributed by atoms with E-state index in [9.17, 15) is 9.90 Å². The minimum atomic E-state index is -1.43. The maximum atomic E-state index is 11.2. The van der Waals surface area contributed by atoms with Crippen LogP contribution in [0.4, 0.5) is 0 Å². The van der Waals surface area contributed by atoms with Gasteiger partial charge in [-0.2, -0.15) is 0 Å². The number of alkyl halides is 1. The first-order valence-corrected chi connectivity index (χ1v) is 9.67. The molecule has 1 aromatic carbocycles. The molecule has 2 rings (SSSR count). The lowest BCUT2D eigenvalue weighted by Crippen LogP contribution is -2.25. The number of hydrogen-bond donors (Lipinski definition) is 1. The van der Waals surface area contributed by atoms with Gasteiger partial charge in [-0.15, -0.1) is 11.6 Å². The van der Waals surface area contributed by atoms with Gasteiger partial charge in [-0.3, -0.25) is 0 Å². The minimum absolute atomic E-state index is 0.537. The average Bonchev–Trinajstić information content (AvgIpc) is 2.65. The number of nitrogens with zero attached hydrogens (tertiary/aromatic N) is 2. The number of aromatic nitrogens is 2. The lowest BCUT2D eigenvalue weighted by molar-refractivity contribution is -0.139. The Hall–Kier alpha value is -1.94. The van der Waals surface area contributed by atoms with E-state index >= 15 is 0 Å². The fourth-order valence-electron chi connectivity index (χ4n) is 2.80. The molecule has 1 N–H and O–H groups in total. The van der Waals surface area contributed by atoms with Crippen LogP contribution in [0.5, 0.6) is 0 Å². The van der Waals surface area contributed by atoms with E-state index in [1.165, 1.54) is 45.4 Å². The van der Waals surface area contributed by atoms with Gasteiger partial charge >= 0.3 is 5.97 Å². The Kier molecular flexibility index (Phi) is 7.58. The van der Waals surface area contributed by atoms with Crippen molar-refractivity contribution in [3.63, 3.8) is 0 Å². The predicted octanol–water partition coefficient (Wildman–Crippen LogP) is 5.59. The normalized spacial score (nSPS) is 13.3. The van der Waals surface area contributed by atoms with Crippen molar-refractivity contribution in [3.8, 4) is 11.4 Å². The van der Waals surface area contributed by atoms with Crippen molar-refractivity contribution in [1.29, 1.82) is 0 Å². The zero-order chi connectivity index (χ0) is 19.0. The van der Waals surface area contributed by atoms with Crippen LogP contribution >= 0.6 is 11.6 Å². The third-order valence-electron chi connectivity index (χ3n) is 4.61. The van der Waals surface area contributed by atoms with Gasteiger partial charge in [0, 0.05) is 18.0 Å². The van der Waals surface area contributed by atoms with Crippen LogP contribution in [0.1, 0.15) is 63.5 Å². The monoisotopic (exact) mass is 374 g/mol. The Morgan fingerprint density at radius 2 is 1.62 bits per heavy atom. The molecule has 1 aromatic heterocycles. The van der Waals surface area contributed by atoms with Gasteiger partial charge in [-0.25, -0.2) is 14.8 Å². The second-order valence-corrected chi connectivity index (χ2v) is 7.57. The Labute approximate surface area is 160 Å². The number of halogens is 1. The van der Waals surface area contributed by atoms with E-state index in [-0.39, 0.29) is 0 Å². The van der Waals surface area contributed by atoms with Crippen LogP contribution in [0, 0.1) is 0 Å². The molecule has 0 saturated heterocycles. The number of carbonyl (C=O) groups is 1. The molecule has 1 heterocycles. The lowest BCUT2D eigenvalue weighted by atomic mass is 9.99. The average molecular weight is 375 g/mol. The van der Waals surface area contributed by atoms with Crippen molar-refractivity contribution < 1.29 is 9.90 Å². The van der Waals surface area contributed by atoms with Gasteiger partial charge in [0.1, 0.15) is 0 Å². The van der Waals surface area contributed by atoms with Crippen molar-refractivity contribution in [1.82, 2.24) is 9.97 Å². The summed E-state index contributed by atoms with van der Waals surface area (Å²) >= 11 is 6.07. The number of unbranched alkanes of at least 4 members (excludes halogenated alkanes) is 5. The predicted molar refractivity (Wildman–Crippen MR) is 105 cm³/mol. The van der Waals surface area contributed by atoms with E-state index in [1.807, 2.05) is 24.5 Å². The van der Waals surface area contributed by atoms with Gasteiger partial charge in [0.15, 0.2) is 10.7 Å². The Morgan fingerprint density at radius 3 is 2.19 bits per heavy atom. The first-order valence-electron chi connectivity index (χ1n) is 9.29. The van der Waals surface area contributed by atoms with Crippen molar-refractivity contribution in [2.24, 2.45) is 0 Å². The van der Waals surface area contributed by atoms with E-state index in [0.717, 1.165) is 17.5 Å². The molecule has 0 fully saturated rings. The summed E-state index contributed by atoms with van der Waals surface area (Å²) in [6.45, 7) is 3.70. The Balaban J connectivity index is 1.93. The van der Waals surface area contributed by atoms with Crippen LogP contribution in [0.3, 0.4) is 0 Å². The molecule has 26 heavy (non-hydrogen) atoms. The molecule has 5 heteroatoms. The highest BCUT2D eigenvalue weighted by Gasteiger charge is 2.32. The van der Waals surface area contributed by atoms with Gasteiger partial charge in [0.05, 0.1) is 0 Å². The zero-order valence-electron chi connectivity index (χ0n) is 15.5. The standard InChI is InChI=1S/C21H27ClN2O2/c1-3-4-5-6-7-8-9-16-14-23-19(24-15-16)17-10-12-18(13-11-17)21(2,22)20(25)26/h10-15H,3-9H2,1-2H3,(H,25,26)/t21-/m1/s1. The SMILES string of the molecule is CCCCCCCCc1cnc(-c2ccc([C@@](C)(Cl)C(=O)O)cc2)nc1. The highest BCUT2D eigenvalue weighted by molar-refractivity contribution is 6.33. The molecule has 4 nitrogen and oxygen atoms in total. The molecule has 0 aliphatic rings. The Bertz CT molecular complexity index is 697. The maximum absolute atomic E-state index is 11.2. The van der Waals surface area contributed by atoms with E-state index in [2.05, 4.69) is 16.9 Å². The summed E-state index contributed by atoms with van der Waals surface area (Å²) in [4.78, 5) is 18.7. The molecule has 0 saturated carbocycles. The molecule has 1 atom stereocenters. The van der Waals surface area contributed by atoms with E-state index in [4.69, 9.17) is 11.6 Å². The second-order valence-electron chi connectivity index (χ2n) is 6.82. The van der Waals surface area contributed by atoms with Crippen molar-refractivity contribution >= 4 is 17.6 Å². The van der Waals surface area contributed by atoms with Gasteiger partial charge in [-0.1, -0.05) is 63.3 Å². The van der Waals surface area contributed by atoms with Gasteiger partial charge in [0.25, 0.3) is 0 Å². The molecule has 2 aromatic rings. The first-order chi connectivity index (χ1) is 12.4. The molecule has 0 aliphatic carbocycles. The summed E-state index contributed by atoms with van der Waals surface area (Å²) in [6, 6.07) is 7.04. The molecular weight excluding hydrogens is 348 g/mol. The van der Waals surface area contributed by atoms with Crippen molar-refractivity contribution in [2.45, 2.75) is 63.7 Å². The molecule has 0 amide bonds. The maximum Gasteiger partial charge on any atom is 0.329 e. The summed E-state index contributed by atoms with van der Waals surface area (Å²) in [5.74, 6) is -0.433. The molecule has 140 valence electrons. The molecular formula is C21H27ClN2O2. The number of aliphatic carboxylic acids is 1. The number of aryl methyl sites for hydroxylation is 1. The van der Waals surface area contributed by atoms with Crippen molar-refractivity contribution in [2.75, 3.05) is 0 Å². The van der Waals surface area contributed by atoms with Gasteiger partial charge in [-0.05, 0) is 30.9 Å². The number of benzene rings is 1. The van der Waals surface area contributed by atoms with Crippen LogP contribution < -0.4 is 0 Å². The largest absolute Gasteiger partial charge is 0.480 e. The van der Waals surface area contributed by atoms with E-state index in [0.29, 0.717) is 11.4 Å². The fraction of sp³-hybridized carbons (Fsp3) is 0.476.